The molecule has 5 nitrogen and oxygen atoms in total. The number of ketones is 2. The lowest BCUT2D eigenvalue weighted by atomic mass is 10.0. The summed E-state index contributed by atoms with van der Waals surface area (Å²) >= 11 is 0. The lowest BCUT2D eigenvalue weighted by molar-refractivity contribution is 0.0980. The molecule has 0 unspecified atom stereocenters. The summed E-state index contributed by atoms with van der Waals surface area (Å²) in [4.78, 5) is 33.4. The Balaban J connectivity index is 1.59. The Hall–Kier alpha value is -3.08. The molecule has 0 spiro atoms. The van der Waals surface area contributed by atoms with Crippen LogP contribution in [0.5, 0.6) is 0 Å². The number of aromatic nitrogens is 2. The molecular weight excluding hydrogens is 314 g/mol. The van der Waals surface area contributed by atoms with Crippen LogP contribution in [0.2, 0.25) is 0 Å². The van der Waals surface area contributed by atoms with Gasteiger partial charge in [-0.15, -0.1) is 0 Å². The number of Topliss-reactive ketones (excluding diaryl/α,β-unsaturated/α-hetero) is 2. The molecule has 3 aromatic rings. The molecule has 0 saturated heterocycles. The summed E-state index contributed by atoms with van der Waals surface area (Å²) in [5.41, 5.74) is 3.23. The van der Waals surface area contributed by atoms with Gasteiger partial charge in [-0.1, -0.05) is 42.0 Å². The van der Waals surface area contributed by atoms with Crippen LogP contribution in [-0.2, 0) is 6.42 Å². The number of hydrogen-bond donors (Lipinski definition) is 1. The number of benzene rings is 2. The molecule has 2 heterocycles. The number of nitrogens with zero attached hydrogens (tertiary/aromatic N) is 2. The molecule has 0 saturated carbocycles. The molecule has 1 N–H and O–H groups in total. The first-order valence-corrected chi connectivity index (χ1v) is 8.28. The summed E-state index contributed by atoms with van der Waals surface area (Å²) in [6, 6.07) is 13.1. The minimum absolute atomic E-state index is 0.0454. The van der Waals surface area contributed by atoms with Crippen LogP contribution < -0.4 is 5.32 Å². The Labute approximate surface area is 145 Å². The fourth-order valence-electron chi connectivity index (χ4n) is 3.07. The number of hydrogen-bond acceptors (Lipinski definition) is 5. The molecule has 1 aromatic heterocycles. The molecule has 124 valence electrons. The van der Waals surface area contributed by atoms with Gasteiger partial charge in [-0.3, -0.25) is 9.59 Å². The van der Waals surface area contributed by atoms with E-state index in [9.17, 15) is 9.59 Å². The quantitative estimate of drug-likeness (QED) is 0.742. The third-order valence-corrected chi connectivity index (χ3v) is 4.44. The van der Waals surface area contributed by atoms with Crippen LogP contribution >= 0.6 is 0 Å². The van der Waals surface area contributed by atoms with Crippen molar-refractivity contribution < 1.29 is 9.59 Å². The van der Waals surface area contributed by atoms with Gasteiger partial charge in [-0.25, -0.2) is 9.97 Å². The Bertz CT molecular complexity index is 994. The summed E-state index contributed by atoms with van der Waals surface area (Å²) < 4.78 is 0. The van der Waals surface area contributed by atoms with Crippen molar-refractivity contribution in [2.75, 3.05) is 11.9 Å². The van der Waals surface area contributed by atoms with Gasteiger partial charge in [0.15, 0.2) is 11.6 Å². The van der Waals surface area contributed by atoms with Crippen molar-refractivity contribution in [3.05, 3.63) is 65.0 Å². The lowest BCUT2D eigenvalue weighted by Gasteiger charge is -2.17. The van der Waals surface area contributed by atoms with Gasteiger partial charge in [-0.05, 0) is 13.0 Å². The van der Waals surface area contributed by atoms with E-state index in [0.29, 0.717) is 35.6 Å². The van der Waals surface area contributed by atoms with E-state index in [2.05, 4.69) is 15.3 Å². The van der Waals surface area contributed by atoms with E-state index in [1.54, 1.807) is 6.07 Å². The van der Waals surface area contributed by atoms with Crippen molar-refractivity contribution in [1.29, 1.82) is 0 Å². The van der Waals surface area contributed by atoms with Crippen LogP contribution in [0.4, 0.5) is 5.82 Å². The highest BCUT2D eigenvalue weighted by Gasteiger charge is 2.21. The summed E-state index contributed by atoms with van der Waals surface area (Å²) in [7, 11) is 0. The summed E-state index contributed by atoms with van der Waals surface area (Å²) in [5.74, 6) is 1.41. The molecule has 4 rings (SSSR count). The molecule has 5 heteroatoms. The average molecular weight is 331 g/mol. The molecule has 2 aromatic carbocycles. The van der Waals surface area contributed by atoms with Crippen LogP contribution in [0.15, 0.2) is 42.5 Å². The molecule has 0 aliphatic carbocycles. The Morgan fingerprint density at radius 1 is 1.12 bits per heavy atom. The second-order valence-electron chi connectivity index (χ2n) is 6.25. The first-order chi connectivity index (χ1) is 12.1. The van der Waals surface area contributed by atoms with E-state index in [1.165, 1.54) is 0 Å². The second-order valence-corrected chi connectivity index (χ2v) is 6.25. The summed E-state index contributed by atoms with van der Waals surface area (Å²) in [5, 5.41) is 3.83. The van der Waals surface area contributed by atoms with Crippen LogP contribution in [0, 0.1) is 6.92 Å². The van der Waals surface area contributed by atoms with Crippen LogP contribution in [0.1, 0.15) is 38.5 Å². The SMILES string of the molecule is Cc1ccc(C(=O)CCc2nc3c4c(cccc4n2)C(=O)CN3)cc1. The fraction of sp³-hybridized carbons (Fsp3) is 0.200. The first kappa shape index (κ1) is 15.4. The number of carbonyl (C=O) groups is 2. The maximum Gasteiger partial charge on any atom is 0.182 e. The molecule has 0 bridgehead atoms. The Morgan fingerprint density at radius 3 is 2.72 bits per heavy atom. The van der Waals surface area contributed by atoms with Crippen molar-refractivity contribution in [2.45, 2.75) is 19.8 Å². The van der Waals surface area contributed by atoms with Gasteiger partial charge in [0.2, 0.25) is 0 Å². The van der Waals surface area contributed by atoms with E-state index in [-0.39, 0.29) is 18.1 Å². The van der Waals surface area contributed by atoms with Crippen molar-refractivity contribution in [3.63, 3.8) is 0 Å². The predicted octanol–water partition coefficient (Wildman–Crippen LogP) is 3.36. The average Bonchev–Trinajstić information content (AvgIpc) is 2.63. The Kier molecular flexibility index (Phi) is 3.76. The number of nitrogens with one attached hydrogen (secondary N) is 1. The van der Waals surface area contributed by atoms with E-state index in [1.807, 2.05) is 43.3 Å². The summed E-state index contributed by atoms with van der Waals surface area (Å²) in [6.07, 6.45) is 0.822. The third kappa shape index (κ3) is 2.89. The predicted molar refractivity (Wildman–Crippen MR) is 96.2 cm³/mol. The number of aryl methyl sites for hydroxylation is 2. The molecule has 0 amide bonds. The number of rotatable bonds is 4. The highest BCUT2D eigenvalue weighted by Crippen LogP contribution is 2.28. The number of anilines is 1. The second kappa shape index (κ2) is 6.09. The lowest BCUT2D eigenvalue weighted by Crippen LogP contribution is -2.21. The zero-order valence-electron chi connectivity index (χ0n) is 13.9. The van der Waals surface area contributed by atoms with Gasteiger partial charge < -0.3 is 5.32 Å². The number of carbonyl (C=O) groups excluding carboxylic acids is 2. The topological polar surface area (TPSA) is 72.0 Å². The smallest absolute Gasteiger partial charge is 0.182 e. The minimum atomic E-state index is 0.0454. The fourth-order valence-corrected chi connectivity index (χ4v) is 3.07. The van der Waals surface area contributed by atoms with Gasteiger partial charge in [-0.2, -0.15) is 0 Å². The molecule has 25 heavy (non-hydrogen) atoms. The molecule has 0 radical (unpaired) electrons. The van der Waals surface area contributed by atoms with E-state index in [4.69, 9.17) is 0 Å². The van der Waals surface area contributed by atoms with E-state index >= 15 is 0 Å². The van der Waals surface area contributed by atoms with E-state index < -0.39 is 0 Å². The molecule has 0 fully saturated rings. The van der Waals surface area contributed by atoms with Gasteiger partial charge >= 0.3 is 0 Å². The maximum atomic E-state index is 12.3. The highest BCUT2D eigenvalue weighted by molar-refractivity contribution is 6.15. The molecule has 1 aliphatic rings. The maximum absolute atomic E-state index is 12.3. The zero-order valence-corrected chi connectivity index (χ0v) is 13.9. The van der Waals surface area contributed by atoms with Crippen molar-refractivity contribution >= 4 is 28.3 Å². The summed E-state index contributed by atoms with van der Waals surface area (Å²) in [6.45, 7) is 2.24. The van der Waals surface area contributed by atoms with Crippen molar-refractivity contribution in [1.82, 2.24) is 9.97 Å². The third-order valence-electron chi connectivity index (χ3n) is 4.44. The van der Waals surface area contributed by atoms with Crippen molar-refractivity contribution in [3.8, 4) is 0 Å². The van der Waals surface area contributed by atoms with Crippen LogP contribution in [0.25, 0.3) is 10.9 Å². The Morgan fingerprint density at radius 2 is 1.92 bits per heavy atom. The minimum Gasteiger partial charge on any atom is -0.362 e. The normalized spacial score (nSPS) is 12.9. The molecule has 1 aliphatic heterocycles. The molecule has 0 atom stereocenters. The monoisotopic (exact) mass is 331 g/mol. The zero-order chi connectivity index (χ0) is 17.4. The van der Waals surface area contributed by atoms with Gasteiger partial charge in [0, 0.05) is 24.0 Å². The van der Waals surface area contributed by atoms with Crippen LogP contribution in [-0.4, -0.2) is 28.1 Å². The standard InChI is InChI=1S/C20H17N3O2/c1-12-5-7-13(8-6-12)16(24)9-10-18-22-15-4-2-3-14-17(25)11-21-20(23-18)19(14)15/h2-8H,9-11H2,1H3,(H,21,22,23). The van der Waals surface area contributed by atoms with Crippen LogP contribution in [0.3, 0.4) is 0 Å². The van der Waals surface area contributed by atoms with E-state index in [0.717, 1.165) is 16.5 Å². The van der Waals surface area contributed by atoms with Gasteiger partial charge in [0.1, 0.15) is 11.6 Å². The van der Waals surface area contributed by atoms with Crippen molar-refractivity contribution in [2.24, 2.45) is 0 Å². The highest BCUT2D eigenvalue weighted by atomic mass is 16.1. The first-order valence-electron chi connectivity index (χ1n) is 8.28. The van der Waals surface area contributed by atoms with Gasteiger partial charge in [0.05, 0.1) is 17.4 Å². The largest absolute Gasteiger partial charge is 0.362 e. The molecular formula is C20H17N3O2. The van der Waals surface area contributed by atoms with Gasteiger partial charge in [0.25, 0.3) is 0 Å².